The molecule has 0 bridgehead atoms. The predicted octanol–water partition coefficient (Wildman–Crippen LogP) is 2.52. The molecule has 0 fully saturated rings. The topological polar surface area (TPSA) is 80.5 Å². The number of rotatable bonds is 6. The Morgan fingerprint density at radius 1 is 1.12 bits per heavy atom. The number of urea groups is 1. The van der Waals surface area contributed by atoms with Gasteiger partial charge in [0, 0.05) is 12.7 Å². The van der Waals surface area contributed by atoms with Gasteiger partial charge in [-0.05, 0) is 43.7 Å². The van der Waals surface area contributed by atoms with Gasteiger partial charge in [0.25, 0.3) is 0 Å². The third-order valence-corrected chi connectivity index (χ3v) is 3.51. The van der Waals surface area contributed by atoms with Crippen molar-refractivity contribution in [2.45, 2.75) is 33.0 Å². The summed E-state index contributed by atoms with van der Waals surface area (Å²) in [6.45, 7) is 4.67. The fraction of sp³-hybridized carbons (Fsp3) is 0.278. The van der Waals surface area contributed by atoms with Gasteiger partial charge in [0.05, 0.1) is 12.6 Å². The van der Waals surface area contributed by atoms with E-state index in [1.165, 1.54) is 0 Å². The van der Waals surface area contributed by atoms with Crippen LogP contribution in [0.3, 0.4) is 0 Å². The van der Waals surface area contributed by atoms with Crippen molar-refractivity contribution in [1.29, 1.82) is 0 Å². The van der Waals surface area contributed by atoms with Gasteiger partial charge in [0.15, 0.2) is 11.5 Å². The molecule has 7 heteroatoms. The lowest BCUT2D eigenvalue weighted by molar-refractivity contribution is 0.238. The van der Waals surface area contributed by atoms with Crippen molar-refractivity contribution in [3.8, 4) is 5.75 Å². The average molecular weight is 339 g/mol. The summed E-state index contributed by atoms with van der Waals surface area (Å²) in [6, 6.07) is 13.1. The first-order valence-electron chi connectivity index (χ1n) is 8.18. The van der Waals surface area contributed by atoms with Crippen LogP contribution in [0.25, 0.3) is 5.65 Å². The van der Waals surface area contributed by atoms with Crippen LogP contribution in [0.15, 0.2) is 48.7 Å². The van der Waals surface area contributed by atoms with Crippen molar-refractivity contribution in [3.05, 3.63) is 60.0 Å². The normalized spacial score (nSPS) is 10.8. The van der Waals surface area contributed by atoms with Gasteiger partial charge in [-0.1, -0.05) is 18.2 Å². The number of benzene rings is 1. The van der Waals surface area contributed by atoms with E-state index in [-0.39, 0.29) is 12.1 Å². The standard InChI is InChI=1S/C18H21N5O2/c1-13(2)25-15-7-5-6-14(10-15)11-19-18(24)20-12-17-22-21-16-8-3-4-9-23(16)17/h3-10,13H,11-12H2,1-2H3,(H2,19,20,24). The number of hydrogen-bond acceptors (Lipinski definition) is 4. The van der Waals surface area contributed by atoms with Crippen LogP contribution < -0.4 is 15.4 Å². The highest BCUT2D eigenvalue weighted by Crippen LogP contribution is 2.14. The zero-order chi connectivity index (χ0) is 17.6. The number of nitrogens with zero attached hydrogens (tertiary/aromatic N) is 3. The molecule has 0 saturated carbocycles. The number of amides is 2. The van der Waals surface area contributed by atoms with Crippen LogP contribution in [0.1, 0.15) is 25.2 Å². The summed E-state index contributed by atoms with van der Waals surface area (Å²) in [5.41, 5.74) is 1.72. The van der Waals surface area contributed by atoms with Crippen LogP contribution in [0.2, 0.25) is 0 Å². The number of fused-ring (bicyclic) bond motifs is 1. The van der Waals surface area contributed by atoms with Gasteiger partial charge in [0.2, 0.25) is 0 Å². The number of hydrogen-bond donors (Lipinski definition) is 2. The molecule has 130 valence electrons. The second kappa shape index (κ2) is 7.65. The fourth-order valence-electron chi connectivity index (χ4n) is 2.42. The fourth-order valence-corrected chi connectivity index (χ4v) is 2.42. The first-order valence-corrected chi connectivity index (χ1v) is 8.18. The van der Waals surface area contributed by atoms with E-state index in [2.05, 4.69) is 20.8 Å². The third kappa shape index (κ3) is 4.47. The highest BCUT2D eigenvalue weighted by Gasteiger charge is 2.07. The molecule has 0 spiro atoms. The zero-order valence-electron chi connectivity index (χ0n) is 14.3. The van der Waals surface area contributed by atoms with E-state index in [9.17, 15) is 4.79 Å². The molecule has 0 aliphatic rings. The van der Waals surface area contributed by atoms with Gasteiger partial charge in [-0.25, -0.2) is 4.79 Å². The summed E-state index contributed by atoms with van der Waals surface area (Å²) in [7, 11) is 0. The first-order chi connectivity index (χ1) is 12.1. The van der Waals surface area contributed by atoms with Crippen LogP contribution in [0.5, 0.6) is 5.75 Å². The van der Waals surface area contributed by atoms with Crippen molar-refractivity contribution in [2.75, 3.05) is 0 Å². The van der Waals surface area contributed by atoms with Crippen molar-refractivity contribution >= 4 is 11.7 Å². The quantitative estimate of drug-likeness (QED) is 0.723. The van der Waals surface area contributed by atoms with Crippen LogP contribution in [0, 0.1) is 0 Å². The molecule has 3 aromatic rings. The number of ether oxygens (including phenoxy) is 1. The Balaban J connectivity index is 1.51. The minimum absolute atomic E-state index is 0.115. The molecular formula is C18H21N5O2. The van der Waals surface area contributed by atoms with Crippen LogP contribution in [0.4, 0.5) is 4.79 Å². The molecule has 3 rings (SSSR count). The monoisotopic (exact) mass is 339 g/mol. The van der Waals surface area contributed by atoms with E-state index < -0.39 is 0 Å². The number of carbonyl (C=O) groups excluding carboxylic acids is 1. The van der Waals surface area contributed by atoms with E-state index in [1.54, 1.807) is 0 Å². The Bertz CT molecular complexity index is 859. The van der Waals surface area contributed by atoms with Gasteiger partial charge >= 0.3 is 6.03 Å². The van der Waals surface area contributed by atoms with E-state index >= 15 is 0 Å². The van der Waals surface area contributed by atoms with Gasteiger partial charge in [-0.2, -0.15) is 0 Å². The average Bonchev–Trinajstić information content (AvgIpc) is 3.01. The van der Waals surface area contributed by atoms with Crippen LogP contribution >= 0.6 is 0 Å². The summed E-state index contributed by atoms with van der Waals surface area (Å²) in [5, 5.41) is 13.7. The van der Waals surface area contributed by atoms with E-state index in [1.807, 2.05) is 66.9 Å². The highest BCUT2D eigenvalue weighted by molar-refractivity contribution is 5.73. The Hall–Kier alpha value is -3.09. The van der Waals surface area contributed by atoms with Crippen molar-refractivity contribution in [1.82, 2.24) is 25.2 Å². The molecule has 2 heterocycles. The molecule has 0 unspecified atom stereocenters. The lowest BCUT2D eigenvalue weighted by Crippen LogP contribution is -2.35. The third-order valence-electron chi connectivity index (χ3n) is 3.51. The van der Waals surface area contributed by atoms with Crippen LogP contribution in [-0.2, 0) is 13.1 Å². The van der Waals surface area contributed by atoms with Crippen LogP contribution in [-0.4, -0.2) is 26.7 Å². The van der Waals surface area contributed by atoms with Gasteiger partial charge in [0.1, 0.15) is 5.75 Å². The number of pyridine rings is 1. The second-order valence-electron chi connectivity index (χ2n) is 5.90. The maximum Gasteiger partial charge on any atom is 0.315 e. The minimum Gasteiger partial charge on any atom is -0.491 e. The summed E-state index contributed by atoms with van der Waals surface area (Å²) in [5.74, 6) is 1.47. The van der Waals surface area contributed by atoms with Crippen molar-refractivity contribution in [3.63, 3.8) is 0 Å². The first kappa shape index (κ1) is 16.8. The number of carbonyl (C=O) groups is 1. The summed E-state index contributed by atoms with van der Waals surface area (Å²) >= 11 is 0. The molecule has 2 amide bonds. The molecule has 0 aliphatic heterocycles. The Kier molecular flexibility index (Phi) is 5.13. The van der Waals surface area contributed by atoms with Crippen molar-refractivity contribution in [2.24, 2.45) is 0 Å². The van der Waals surface area contributed by atoms with E-state index in [0.29, 0.717) is 18.9 Å². The minimum atomic E-state index is -0.261. The molecule has 25 heavy (non-hydrogen) atoms. The Morgan fingerprint density at radius 2 is 1.96 bits per heavy atom. The molecule has 0 radical (unpaired) electrons. The van der Waals surface area contributed by atoms with Gasteiger partial charge in [-0.3, -0.25) is 4.40 Å². The largest absolute Gasteiger partial charge is 0.491 e. The van der Waals surface area contributed by atoms with Gasteiger partial charge in [-0.15, -0.1) is 10.2 Å². The highest BCUT2D eigenvalue weighted by atomic mass is 16.5. The summed E-state index contributed by atoms with van der Waals surface area (Å²) in [6.07, 6.45) is 1.98. The second-order valence-corrected chi connectivity index (χ2v) is 5.90. The van der Waals surface area contributed by atoms with Crippen molar-refractivity contribution < 1.29 is 9.53 Å². The zero-order valence-corrected chi connectivity index (χ0v) is 14.3. The molecular weight excluding hydrogens is 318 g/mol. The Labute approximate surface area is 146 Å². The Morgan fingerprint density at radius 3 is 2.80 bits per heavy atom. The predicted molar refractivity (Wildman–Crippen MR) is 94.3 cm³/mol. The molecule has 7 nitrogen and oxygen atoms in total. The molecule has 1 aromatic carbocycles. The van der Waals surface area contributed by atoms with Gasteiger partial charge < -0.3 is 15.4 Å². The lowest BCUT2D eigenvalue weighted by atomic mass is 10.2. The molecule has 0 saturated heterocycles. The molecule has 0 aliphatic carbocycles. The summed E-state index contributed by atoms with van der Waals surface area (Å²) in [4.78, 5) is 12.0. The molecule has 0 atom stereocenters. The molecule has 2 N–H and O–H groups in total. The number of aromatic nitrogens is 3. The SMILES string of the molecule is CC(C)Oc1cccc(CNC(=O)NCc2nnc3ccccn23)c1. The summed E-state index contributed by atoms with van der Waals surface area (Å²) < 4.78 is 7.49. The maximum atomic E-state index is 12.0. The maximum absolute atomic E-state index is 12.0. The molecule has 2 aromatic heterocycles. The lowest BCUT2D eigenvalue weighted by Gasteiger charge is -2.11. The number of nitrogens with one attached hydrogen (secondary N) is 2. The van der Waals surface area contributed by atoms with E-state index in [4.69, 9.17) is 4.74 Å². The van der Waals surface area contributed by atoms with E-state index in [0.717, 1.165) is 17.0 Å². The smallest absolute Gasteiger partial charge is 0.315 e.